The largest absolute Gasteiger partial charge is 0.492 e. The zero-order valence-electron chi connectivity index (χ0n) is 27.0. The van der Waals surface area contributed by atoms with E-state index in [9.17, 15) is 0 Å². The lowest BCUT2D eigenvalue weighted by molar-refractivity contribution is -0.735. The Morgan fingerprint density at radius 3 is 1.37 bits per heavy atom. The van der Waals surface area contributed by atoms with E-state index in [-0.39, 0.29) is 0 Å². The van der Waals surface area contributed by atoms with Crippen molar-refractivity contribution in [3.63, 3.8) is 0 Å². The highest BCUT2D eigenvalue weighted by molar-refractivity contribution is 5.69. The van der Waals surface area contributed by atoms with Crippen LogP contribution in [0.25, 0.3) is 56.7 Å². The van der Waals surface area contributed by atoms with Crippen LogP contribution in [0.3, 0.4) is 0 Å². The molecule has 0 bridgehead atoms. The van der Waals surface area contributed by atoms with Gasteiger partial charge in [0.2, 0.25) is 5.69 Å². The number of benzene rings is 6. The van der Waals surface area contributed by atoms with Crippen LogP contribution in [-0.4, -0.2) is 37.1 Å². The molecule has 6 aromatic carbocycles. The highest BCUT2D eigenvalue weighted by Crippen LogP contribution is 2.29. The fourth-order valence-corrected chi connectivity index (χ4v) is 5.82. The van der Waals surface area contributed by atoms with E-state index in [1.807, 2.05) is 143 Å². The van der Waals surface area contributed by atoms with Gasteiger partial charge in [0.05, 0.1) is 28.4 Å². The highest BCUT2D eigenvalue weighted by atomic mass is 16.5. The quantitative estimate of drug-likeness (QED) is 0.172. The normalized spacial score (nSPS) is 11.1. The summed E-state index contributed by atoms with van der Waals surface area (Å²) in [6.07, 6.45) is 0. The highest BCUT2D eigenvalue weighted by Gasteiger charge is 2.27. The fourth-order valence-electron chi connectivity index (χ4n) is 5.82. The van der Waals surface area contributed by atoms with E-state index in [1.165, 1.54) is 0 Å². The maximum absolute atomic E-state index is 5.97. The Bertz CT molecular complexity index is 2370. The number of methoxy groups -OCH3 is 1. The molecule has 8 rings (SSSR count). The van der Waals surface area contributed by atoms with Crippen molar-refractivity contribution in [2.24, 2.45) is 0 Å². The maximum atomic E-state index is 5.97. The van der Waals surface area contributed by atoms with Crippen LogP contribution in [0.2, 0.25) is 0 Å². The van der Waals surface area contributed by atoms with Crippen LogP contribution in [0.15, 0.2) is 158 Å². The Labute approximate surface area is 283 Å². The summed E-state index contributed by atoms with van der Waals surface area (Å²) in [5.74, 6) is 1.92. The molecule has 0 amide bonds. The summed E-state index contributed by atoms with van der Waals surface area (Å²) in [6, 6.07) is 52.5. The zero-order chi connectivity index (χ0) is 33.2. The Kier molecular flexibility index (Phi) is 7.75. The van der Waals surface area contributed by atoms with Gasteiger partial charge in [-0.05, 0) is 123 Å². The Balaban J connectivity index is 1.19. The molecular weight excluding hydrogens is 608 g/mol. The van der Waals surface area contributed by atoms with Gasteiger partial charge in [0.15, 0.2) is 11.4 Å². The minimum Gasteiger partial charge on any atom is -0.492 e. The molecule has 0 spiro atoms. The van der Waals surface area contributed by atoms with Crippen molar-refractivity contribution >= 4 is 0 Å². The first-order valence-corrected chi connectivity index (χ1v) is 16.0. The van der Waals surface area contributed by atoms with Crippen LogP contribution in [0.1, 0.15) is 5.56 Å². The lowest BCUT2D eigenvalue weighted by Crippen LogP contribution is -2.43. The fraction of sp³-hybridized carbons (Fsp3) is 0.0500. The second-order valence-electron chi connectivity index (χ2n) is 11.5. The SMILES string of the molecule is COc1cc(-c2ccc(-[n+]3nc(-c4ccccc4)nn3-c3ccccc3)c(C)c2)ccc1-[n+]1nc(-c2ccccc2)nn1-c1ccccc1. The van der Waals surface area contributed by atoms with Crippen molar-refractivity contribution in [3.05, 3.63) is 163 Å². The molecule has 9 nitrogen and oxygen atoms in total. The zero-order valence-corrected chi connectivity index (χ0v) is 27.0. The summed E-state index contributed by atoms with van der Waals surface area (Å²) in [7, 11) is 1.68. The van der Waals surface area contributed by atoms with Crippen molar-refractivity contribution in [2.75, 3.05) is 7.11 Å². The molecule has 0 fully saturated rings. The molecule has 0 unspecified atom stereocenters. The van der Waals surface area contributed by atoms with Gasteiger partial charge in [-0.3, -0.25) is 0 Å². The first-order valence-electron chi connectivity index (χ1n) is 16.0. The number of tetrazole rings is 2. The van der Waals surface area contributed by atoms with Gasteiger partial charge in [-0.25, -0.2) is 0 Å². The molecule has 0 radical (unpaired) electrons. The first kappa shape index (κ1) is 29.6. The standard InChI is InChI=1S/C40H32N8O/c1-29-27-32(23-25-36(29)47-43-39(30-15-7-3-8-16-30)41-45(47)34-19-11-5-12-20-34)33-24-26-37(38(28-33)49-2)48-44-40(31-17-9-4-10-18-31)42-46(48)35-21-13-6-14-22-35/h3-28H,1-2H3/q+2. The summed E-state index contributed by atoms with van der Waals surface area (Å²) in [6.45, 7) is 2.09. The molecule has 49 heavy (non-hydrogen) atoms. The van der Waals surface area contributed by atoms with Crippen LogP contribution in [0.4, 0.5) is 0 Å². The third-order valence-electron chi connectivity index (χ3n) is 8.30. The van der Waals surface area contributed by atoms with Gasteiger partial charge in [0.25, 0.3) is 0 Å². The summed E-state index contributed by atoms with van der Waals surface area (Å²) in [4.78, 5) is 7.28. The number of hydrogen-bond donors (Lipinski definition) is 0. The monoisotopic (exact) mass is 640 g/mol. The molecule has 236 valence electrons. The van der Waals surface area contributed by atoms with Crippen LogP contribution in [0.5, 0.6) is 5.75 Å². The predicted molar refractivity (Wildman–Crippen MR) is 187 cm³/mol. The maximum Gasteiger partial charge on any atom is 0.340 e. The average Bonchev–Trinajstić information content (AvgIpc) is 3.82. The summed E-state index contributed by atoms with van der Waals surface area (Å²) in [5, 5.41) is 19.7. The summed E-state index contributed by atoms with van der Waals surface area (Å²) >= 11 is 0. The molecule has 0 saturated carbocycles. The van der Waals surface area contributed by atoms with Crippen molar-refractivity contribution in [3.8, 4) is 62.4 Å². The smallest absolute Gasteiger partial charge is 0.340 e. The Morgan fingerprint density at radius 1 is 0.469 bits per heavy atom. The Morgan fingerprint density at radius 2 is 0.898 bits per heavy atom. The molecule has 0 atom stereocenters. The van der Waals surface area contributed by atoms with Gasteiger partial charge in [-0.15, -0.1) is 0 Å². The minimum absolute atomic E-state index is 0.609. The number of hydrogen-bond acceptors (Lipinski definition) is 5. The number of nitrogens with zero attached hydrogens (tertiary/aromatic N) is 8. The Hall–Kier alpha value is -6.74. The molecule has 2 heterocycles. The van der Waals surface area contributed by atoms with Crippen molar-refractivity contribution in [1.82, 2.24) is 30.0 Å². The number of aryl methyl sites for hydroxylation is 1. The van der Waals surface area contributed by atoms with Gasteiger partial charge in [0.1, 0.15) is 11.4 Å². The minimum atomic E-state index is 0.609. The van der Waals surface area contributed by atoms with E-state index in [4.69, 9.17) is 25.1 Å². The topological polar surface area (TPSA) is 78.4 Å². The molecule has 0 aliphatic rings. The van der Waals surface area contributed by atoms with Gasteiger partial charge >= 0.3 is 11.6 Å². The van der Waals surface area contributed by atoms with Gasteiger partial charge in [-0.2, -0.15) is 0 Å². The lowest BCUT2D eigenvalue weighted by Gasteiger charge is -2.10. The van der Waals surface area contributed by atoms with Crippen LogP contribution in [-0.2, 0) is 0 Å². The van der Waals surface area contributed by atoms with E-state index < -0.39 is 0 Å². The van der Waals surface area contributed by atoms with E-state index in [0.29, 0.717) is 17.4 Å². The second kappa shape index (κ2) is 12.8. The van der Waals surface area contributed by atoms with Crippen LogP contribution < -0.4 is 14.3 Å². The molecule has 0 N–H and O–H groups in total. The number of aromatic nitrogens is 8. The molecule has 0 aliphatic carbocycles. The lowest BCUT2D eigenvalue weighted by atomic mass is 10.0. The van der Waals surface area contributed by atoms with Gasteiger partial charge in [0, 0.05) is 15.2 Å². The summed E-state index contributed by atoms with van der Waals surface area (Å²) < 4.78 is 5.97. The van der Waals surface area contributed by atoms with E-state index >= 15 is 0 Å². The van der Waals surface area contributed by atoms with Crippen molar-refractivity contribution in [1.29, 1.82) is 0 Å². The molecule has 2 aromatic heterocycles. The predicted octanol–water partition coefficient (Wildman–Crippen LogP) is 6.72. The number of para-hydroxylation sites is 2. The van der Waals surface area contributed by atoms with Gasteiger partial charge < -0.3 is 4.74 Å². The van der Waals surface area contributed by atoms with Crippen molar-refractivity contribution in [2.45, 2.75) is 6.92 Å². The molecular formula is C40H32N8O+2. The molecule has 9 heteroatoms. The third kappa shape index (κ3) is 5.74. The molecule has 0 saturated heterocycles. The third-order valence-corrected chi connectivity index (χ3v) is 8.30. The van der Waals surface area contributed by atoms with E-state index in [1.54, 1.807) is 16.7 Å². The molecule has 0 aliphatic heterocycles. The molecule has 8 aromatic rings. The number of ether oxygens (including phenoxy) is 1. The first-order chi connectivity index (χ1) is 24.2. The number of rotatable bonds is 8. The summed E-state index contributed by atoms with van der Waals surface area (Å²) in [5.41, 5.74) is 8.44. The van der Waals surface area contributed by atoms with E-state index in [2.05, 4.69) is 31.2 Å². The average molecular weight is 641 g/mol. The van der Waals surface area contributed by atoms with E-state index in [0.717, 1.165) is 50.6 Å². The second-order valence-corrected chi connectivity index (χ2v) is 11.5. The van der Waals surface area contributed by atoms with Gasteiger partial charge in [-0.1, -0.05) is 72.8 Å². The van der Waals surface area contributed by atoms with Crippen LogP contribution in [0, 0.1) is 6.92 Å². The van der Waals surface area contributed by atoms with Crippen LogP contribution >= 0.6 is 0 Å². The van der Waals surface area contributed by atoms with Crippen molar-refractivity contribution < 1.29 is 14.3 Å².